The quantitative estimate of drug-likeness (QED) is 0.450. The largest absolute Gasteiger partial charge is 0.508 e. The molecule has 1 aromatic carbocycles. The second-order valence-corrected chi connectivity index (χ2v) is 4.48. The number of nitro groups is 1. The van der Waals surface area contributed by atoms with Crippen LogP contribution >= 0.6 is 0 Å². The van der Waals surface area contributed by atoms with E-state index < -0.39 is 34.4 Å². The van der Waals surface area contributed by atoms with Crippen molar-refractivity contribution in [2.75, 3.05) is 7.05 Å². The number of benzene rings is 1. The summed E-state index contributed by atoms with van der Waals surface area (Å²) in [6, 6.07) is 1.93. The van der Waals surface area contributed by atoms with E-state index in [2.05, 4.69) is 5.32 Å². The van der Waals surface area contributed by atoms with Crippen LogP contribution in [-0.4, -0.2) is 45.7 Å². The van der Waals surface area contributed by atoms with Gasteiger partial charge in [-0.05, 0) is 12.1 Å². The molecule has 1 aliphatic rings. The molecular weight excluding hydrogens is 282 g/mol. The van der Waals surface area contributed by atoms with Crippen LogP contribution < -0.4 is 5.32 Å². The molecule has 0 aliphatic carbocycles. The van der Waals surface area contributed by atoms with Gasteiger partial charge in [-0.15, -0.1) is 0 Å². The number of nitrogens with one attached hydrogen (secondary N) is 1. The minimum atomic E-state index is -1.06. The average molecular weight is 293 g/mol. The maximum absolute atomic E-state index is 12.0. The molecule has 9 heteroatoms. The second-order valence-electron chi connectivity index (χ2n) is 4.48. The number of likely N-dealkylation sites (tertiary alicyclic amines) is 1. The summed E-state index contributed by atoms with van der Waals surface area (Å²) < 4.78 is 0. The van der Waals surface area contributed by atoms with Gasteiger partial charge < -0.3 is 10.4 Å². The van der Waals surface area contributed by atoms with Crippen molar-refractivity contribution in [3.05, 3.63) is 33.9 Å². The maximum Gasteiger partial charge on any atom is 0.282 e. The zero-order chi connectivity index (χ0) is 15.7. The number of amides is 3. The molecule has 1 heterocycles. The zero-order valence-corrected chi connectivity index (χ0v) is 10.9. The molecule has 1 saturated heterocycles. The van der Waals surface area contributed by atoms with Crippen molar-refractivity contribution >= 4 is 23.4 Å². The Morgan fingerprint density at radius 2 is 2.14 bits per heavy atom. The number of aromatic hydroxyl groups is 1. The van der Waals surface area contributed by atoms with Gasteiger partial charge in [0.2, 0.25) is 5.91 Å². The molecule has 1 fully saturated rings. The van der Waals surface area contributed by atoms with E-state index in [4.69, 9.17) is 0 Å². The summed E-state index contributed by atoms with van der Waals surface area (Å²) in [5, 5.41) is 22.5. The molecule has 9 nitrogen and oxygen atoms in total. The lowest BCUT2D eigenvalue weighted by Gasteiger charge is -2.11. The van der Waals surface area contributed by atoms with Crippen molar-refractivity contribution in [2.45, 2.75) is 12.5 Å². The highest BCUT2D eigenvalue weighted by Gasteiger charge is 2.37. The lowest BCUT2D eigenvalue weighted by atomic mass is 10.1. The predicted molar refractivity (Wildman–Crippen MR) is 68.4 cm³/mol. The van der Waals surface area contributed by atoms with Crippen LogP contribution in [0.4, 0.5) is 5.69 Å². The van der Waals surface area contributed by atoms with Crippen molar-refractivity contribution in [3.8, 4) is 5.75 Å². The topological polar surface area (TPSA) is 130 Å². The Labute approximate surface area is 118 Å². The highest BCUT2D eigenvalue weighted by atomic mass is 16.6. The third-order valence-corrected chi connectivity index (χ3v) is 3.11. The van der Waals surface area contributed by atoms with E-state index in [1.54, 1.807) is 0 Å². The molecule has 21 heavy (non-hydrogen) atoms. The van der Waals surface area contributed by atoms with Crippen LogP contribution in [0.3, 0.4) is 0 Å². The van der Waals surface area contributed by atoms with Gasteiger partial charge in [-0.25, -0.2) is 0 Å². The summed E-state index contributed by atoms with van der Waals surface area (Å²) in [5.41, 5.74) is -0.884. The fraction of sp³-hybridized carbons (Fsp3) is 0.250. The molecule has 0 radical (unpaired) electrons. The van der Waals surface area contributed by atoms with Crippen LogP contribution in [-0.2, 0) is 9.59 Å². The fourth-order valence-corrected chi connectivity index (χ4v) is 1.97. The Hall–Kier alpha value is -2.97. The number of nitrogens with zero attached hydrogens (tertiary/aromatic N) is 2. The van der Waals surface area contributed by atoms with Crippen LogP contribution in [0, 0.1) is 10.1 Å². The Balaban J connectivity index is 2.25. The average Bonchev–Trinajstić information content (AvgIpc) is 2.66. The van der Waals surface area contributed by atoms with E-state index in [0.29, 0.717) is 0 Å². The van der Waals surface area contributed by atoms with E-state index in [1.165, 1.54) is 7.05 Å². The summed E-state index contributed by atoms with van der Waals surface area (Å²) in [6.45, 7) is 0. The van der Waals surface area contributed by atoms with Gasteiger partial charge in [-0.2, -0.15) is 0 Å². The summed E-state index contributed by atoms with van der Waals surface area (Å²) >= 11 is 0. The summed E-state index contributed by atoms with van der Waals surface area (Å²) in [7, 11) is 1.29. The first-order valence-corrected chi connectivity index (χ1v) is 5.90. The number of carbonyl (C=O) groups excluding carboxylic acids is 3. The van der Waals surface area contributed by atoms with Crippen LogP contribution in [0.2, 0.25) is 0 Å². The van der Waals surface area contributed by atoms with Crippen molar-refractivity contribution in [1.29, 1.82) is 0 Å². The van der Waals surface area contributed by atoms with Gasteiger partial charge in [0.05, 0.1) is 11.3 Å². The van der Waals surface area contributed by atoms with Gasteiger partial charge in [-0.1, -0.05) is 0 Å². The molecule has 0 bridgehead atoms. The maximum atomic E-state index is 12.0. The van der Waals surface area contributed by atoms with E-state index in [9.17, 15) is 29.6 Å². The van der Waals surface area contributed by atoms with Gasteiger partial charge in [-0.3, -0.25) is 29.4 Å². The SMILES string of the molecule is CN1C(=O)CC(NC(=O)c2cc(O)ccc2[N+](=O)[O-])C1=O. The summed E-state index contributed by atoms with van der Waals surface area (Å²) in [5.74, 6) is -2.26. The minimum absolute atomic E-state index is 0.201. The first-order chi connectivity index (χ1) is 9.81. The molecule has 1 unspecified atom stereocenters. The van der Waals surface area contributed by atoms with Gasteiger partial charge >= 0.3 is 0 Å². The van der Waals surface area contributed by atoms with Crippen molar-refractivity contribution < 1.29 is 24.4 Å². The molecule has 110 valence electrons. The lowest BCUT2D eigenvalue weighted by Crippen LogP contribution is -2.40. The molecule has 2 N–H and O–H groups in total. The molecule has 1 aromatic rings. The smallest absolute Gasteiger partial charge is 0.282 e. The molecular formula is C12H11N3O6. The van der Waals surface area contributed by atoms with Crippen molar-refractivity contribution in [1.82, 2.24) is 10.2 Å². The number of nitro benzene ring substituents is 1. The van der Waals surface area contributed by atoms with Crippen molar-refractivity contribution in [2.24, 2.45) is 0 Å². The third-order valence-electron chi connectivity index (χ3n) is 3.11. The normalized spacial score (nSPS) is 18.0. The monoisotopic (exact) mass is 293 g/mol. The Morgan fingerprint density at radius 3 is 2.67 bits per heavy atom. The molecule has 0 spiro atoms. The number of imide groups is 1. The number of carbonyl (C=O) groups is 3. The standard InChI is InChI=1S/C12H11N3O6/c1-14-10(17)5-8(12(14)19)13-11(18)7-4-6(16)2-3-9(7)15(20)21/h2-4,8,16H,5H2,1H3,(H,13,18). The molecule has 1 aliphatic heterocycles. The number of rotatable bonds is 3. The molecule has 2 rings (SSSR count). The Morgan fingerprint density at radius 1 is 1.48 bits per heavy atom. The van der Waals surface area contributed by atoms with Gasteiger partial charge in [0.15, 0.2) is 0 Å². The summed E-state index contributed by atoms with van der Waals surface area (Å²) in [4.78, 5) is 46.0. The van der Waals surface area contributed by atoms with Gasteiger partial charge in [0, 0.05) is 13.1 Å². The van der Waals surface area contributed by atoms with Crippen LogP contribution in [0.1, 0.15) is 16.8 Å². The highest BCUT2D eigenvalue weighted by Crippen LogP contribution is 2.23. The van der Waals surface area contributed by atoms with E-state index in [1.807, 2.05) is 0 Å². The minimum Gasteiger partial charge on any atom is -0.508 e. The van der Waals surface area contributed by atoms with E-state index >= 15 is 0 Å². The zero-order valence-electron chi connectivity index (χ0n) is 10.9. The number of phenols is 1. The van der Waals surface area contributed by atoms with Crippen molar-refractivity contribution in [3.63, 3.8) is 0 Å². The number of phenolic OH excluding ortho intramolecular Hbond substituents is 1. The molecule has 1 atom stereocenters. The highest BCUT2D eigenvalue weighted by molar-refractivity contribution is 6.08. The van der Waals surface area contributed by atoms with Crippen LogP contribution in [0.5, 0.6) is 5.75 Å². The third kappa shape index (κ3) is 2.66. The summed E-state index contributed by atoms with van der Waals surface area (Å²) in [6.07, 6.45) is -0.201. The lowest BCUT2D eigenvalue weighted by molar-refractivity contribution is -0.385. The Kier molecular flexibility index (Phi) is 3.57. The molecule has 0 saturated carbocycles. The number of hydrogen-bond donors (Lipinski definition) is 2. The Bertz CT molecular complexity index is 656. The van der Waals surface area contributed by atoms with Gasteiger partial charge in [0.1, 0.15) is 17.4 Å². The van der Waals surface area contributed by atoms with Crippen LogP contribution in [0.25, 0.3) is 0 Å². The van der Waals surface area contributed by atoms with E-state index in [-0.39, 0.29) is 17.7 Å². The predicted octanol–water partition coefficient (Wildman–Crippen LogP) is -0.213. The van der Waals surface area contributed by atoms with Gasteiger partial charge in [0.25, 0.3) is 17.5 Å². The first kappa shape index (κ1) is 14.4. The molecule has 0 aromatic heterocycles. The molecule has 3 amide bonds. The first-order valence-electron chi connectivity index (χ1n) is 5.90. The van der Waals surface area contributed by atoms with Crippen LogP contribution in [0.15, 0.2) is 18.2 Å². The number of likely N-dealkylation sites (N-methyl/N-ethyl adjacent to an activating group) is 1. The number of hydrogen-bond acceptors (Lipinski definition) is 6. The second kappa shape index (κ2) is 5.19. The fourth-order valence-electron chi connectivity index (χ4n) is 1.97. The van der Waals surface area contributed by atoms with E-state index in [0.717, 1.165) is 23.1 Å².